The zero-order valence-electron chi connectivity index (χ0n) is 14.5. The first-order chi connectivity index (χ1) is 12.2. The topological polar surface area (TPSA) is 32.3 Å². The molecule has 0 radical (unpaired) electrons. The molecule has 3 saturated heterocycles. The van der Waals surface area contributed by atoms with Crippen molar-refractivity contribution in [2.75, 3.05) is 13.1 Å². The fourth-order valence-corrected chi connectivity index (χ4v) is 6.60. The highest BCUT2D eigenvalue weighted by Crippen LogP contribution is 2.54. The molecule has 5 aliphatic rings. The van der Waals surface area contributed by atoms with Crippen molar-refractivity contribution in [3.63, 3.8) is 0 Å². The van der Waals surface area contributed by atoms with E-state index in [0.717, 1.165) is 10.8 Å². The van der Waals surface area contributed by atoms with Crippen LogP contribution in [0.2, 0.25) is 0 Å². The number of carbonyl (C=O) groups excluding carboxylic acids is 1. The molecule has 7 rings (SSSR count). The number of thiophene rings is 1. The van der Waals surface area contributed by atoms with E-state index in [0.29, 0.717) is 17.5 Å². The van der Waals surface area contributed by atoms with Crippen LogP contribution in [0.1, 0.15) is 59.7 Å². The molecule has 1 N–H and O–H groups in total. The van der Waals surface area contributed by atoms with Crippen molar-refractivity contribution < 1.29 is 4.79 Å². The summed E-state index contributed by atoms with van der Waals surface area (Å²) < 4.78 is 1.34. The molecule has 1 atom stereocenters. The number of carbonyl (C=O) groups is 1. The summed E-state index contributed by atoms with van der Waals surface area (Å²) in [5, 5.41) is 4.72. The van der Waals surface area contributed by atoms with Gasteiger partial charge in [-0.1, -0.05) is 18.2 Å². The van der Waals surface area contributed by atoms with Crippen molar-refractivity contribution >= 4 is 27.3 Å². The number of piperidine rings is 3. The van der Waals surface area contributed by atoms with Crippen LogP contribution in [0, 0.1) is 5.92 Å². The standard InChI is InChI=1S/C21H24N2OS/c24-20(22-19-14-6-10-23(11-7-14)21(19)8-9-21)17-12-15-2-1-3-16(13-4-5-13)18(15)25-17/h1-3,12-14,19H,4-11H2,(H,22,24). The van der Waals surface area contributed by atoms with E-state index >= 15 is 0 Å². The molecular weight excluding hydrogens is 328 g/mol. The highest BCUT2D eigenvalue weighted by molar-refractivity contribution is 7.21. The van der Waals surface area contributed by atoms with Crippen LogP contribution < -0.4 is 5.32 Å². The first-order valence-electron chi connectivity index (χ1n) is 9.83. The smallest absolute Gasteiger partial charge is 0.261 e. The van der Waals surface area contributed by atoms with Crippen molar-refractivity contribution in [2.24, 2.45) is 5.92 Å². The Morgan fingerprint density at radius 2 is 1.96 bits per heavy atom. The predicted octanol–water partition coefficient (Wildman–Crippen LogP) is 4.14. The summed E-state index contributed by atoms with van der Waals surface area (Å²) in [6, 6.07) is 9.05. The molecule has 25 heavy (non-hydrogen) atoms. The lowest BCUT2D eigenvalue weighted by Gasteiger charge is -2.52. The molecule has 2 aromatic rings. The maximum atomic E-state index is 13.1. The molecule has 2 saturated carbocycles. The molecule has 5 fully saturated rings. The Morgan fingerprint density at radius 3 is 2.68 bits per heavy atom. The van der Waals surface area contributed by atoms with Gasteiger partial charge in [0.2, 0.25) is 0 Å². The third kappa shape index (κ3) is 2.16. The van der Waals surface area contributed by atoms with E-state index in [1.807, 2.05) is 0 Å². The van der Waals surface area contributed by atoms with Gasteiger partial charge in [-0.15, -0.1) is 11.3 Å². The van der Waals surface area contributed by atoms with Gasteiger partial charge in [0.15, 0.2) is 0 Å². The second-order valence-corrected chi connectivity index (χ2v) is 9.58. The van der Waals surface area contributed by atoms with E-state index in [2.05, 4.69) is 34.5 Å². The molecule has 2 bridgehead atoms. The number of fused-ring (bicyclic) bond motifs is 3. The first-order valence-corrected chi connectivity index (χ1v) is 10.6. The fraction of sp³-hybridized carbons (Fsp3) is 0.571. The number of amides is 1. The molecule has 130 valence electrons. The predicted molar refractivity (Wildman–Crippen MR) is 101 cm³/mol. The van der Waals surface area contributed by atoms with Crippen molar-refractivity contribution in [3.8, 4) is 0 Å². The van der Waals surface area contributed by atoms with Gasteiger partial charge in [-0.05, 0) is 80.5 Å². The van der Waals surface area contributed by atoms with Crippen LogP contribution in [0.4, 0.5) is 0 Å². The van der Waals surface area contributed by atoms with Gasteiger partial charge in [0.25, 0.3) is 5.91 Å². The highest BCUT2D eigenvalue weighted by atomic mass is 32.1. The molecule has 1 unspecified atom stereocenters. The largest absolute Gasteiger partial charge is 0.346 e. The molecule has 3 aliphatic heterocycles. The van der Waals surface area contributed by atoms with E-state index in [9.17, 15) is 4.79 Å². The van der Waals surface area contributed by atoms with Gasteiger partial charge in [-0.3, -0.25) is 9.69 Å². The number of hydrogen-bond donors (Lipinski definition) is 1. The van der Waals surface area contributed by atoms with Crippen LogP contribution >= 0.6 is 11.3 Å². The lowest BCUT2D eigenvalue weighted by Crippen LogP contribution is -2.65. The molecule has 1 amide bonds. The summed E-state index contributed by atoms with van der Waals surface area (Å²) in [6.45, 7) is 2.48. The van der Waals surface area contributed by atoms with Gasteiger partial charge < -0.3 is 5.32 Å². The summed E-state index contributed by atoms with van der Waals surface area (Å²) in [4.78, 5) is 16.6. The van der Waals surface area contributed by atoms with Crippen LogP contribution in [0.5, 0.6) is 0 Å². The highest BCUT2D eigenvalue weighted by Gasteiger charge is 2.60. The number of rotatable bonds is 3. The molecule has 4 heteroatoms. The zero-order valence-corrected chi connectivity index (χ0v) is 15.3. The number of benzene rings is 1. The number of hydrogen-bond acceptors (Lipinski definition) is 3. The summed E-state index contributed by atoms with van der Waals surface area (Å²) in [5.41, 5.74) is 1.77. The molecule has 3 nitrogen and oxygen atoms in total. The maximum absolute atomic E-state index is 13.1. The minimum Gasteiger partial charge on any atom is -0.346 e. The molecule has 2 aliphatic carbocycles. The number of nitrogens with zero attached hydrogens (tertiary/aromatic N) is 1. The number of nitrogens with one attached hydrogen (secondary N) is 1. The Hall–Kier alpha value is -1.39. The van der Waals surface area contributed by atoms with E-state index in [4.69, 9.17) is 0 Å². The van der Waals surface area contributed by atoms with Gasteiger partial charge in [-0.25, -0.2) is 0 Å². The zero-order chi connectivity index (χ0) is 16.6. The Morgan fingerprint density at radius 1 is 1.16 bits per heavy atom. The summed E-state index contributed by atoms with van der Waals surface area (Å²) in [6.07, 6.45) is 7.66. The SMILES string of the molecule is O=C(NC1C2CCN(CC2)C12CC2)c1cc2cccc(C3CC3)c2s1. The van der Waals surface area contributed by atoms with E-state index in [-0.39, 0.29) is 5.91 Å². The Balaban J connectivity index is 1.30. The van der Waals surface area contributed by atoms with Crippen LogP contribution in [0.25, 0.3) is 10.1 Å². The second kappa shape index (κ2) is 5.08. The second-order valence-electron chi connectivity index (χ2n) is 8.53. The lowest BCUT2D eigenvalue weighted by molar-refractivity contribution is -0.00138. The fourth-order valence-electron chi connectivity index (χ4n) is 5.45. The quantitative estimate of drug-likeness (QED) is 0.900. The van der Waals surface area contributed by atoms with Gasteiger partial charge >= 0.3 is 0 Å². The van der Waals surface area contributed by atoms with Gasteiger partial charge in [-0.2, -0.15) is 0 Å². The minimum atomic E-state index is 0.160. The van der Waals surface area contributed by atoms with Gasteiger partial charge in [0, 0.05) is 10.2 Å². The van der Waals surface area contributed by atoms with Crippen LogP contribution in [-0.4, -0.2) is 35.5 Å². The average molecular weight is 353 g/mol. The Bertz CT molecular complexity index is 856. The van der Waals surface area contributed by atoms with Crippen molar-refractivity contribution in [1.82, 2.24) is 10.2 Å². The summed E-state index contributed by atoms with van der Waals surface area (Å²) >= 11 is 1.70. The van der Waals surface area contributed by atoms with Crippen molar-refractivity contribution in [3.05, 3.63) is 34.7 Å². The molecule has 1 aromatic heterocycles. The Labute approximate surface area is 152 Å². The van der Waals surface area contributed by atoms with Crippen molar-refractivity contribution in [2.45, 2.75) is 56.0 Å². The monoisotopic (exact) mass is 352 g/mol. The summed E-state index contributed by atoms with van der Waals surface area (Å²) in [7, 11) is 0. The molecule has 1 aromatic carbocycles. The average Bonchev–Trinajstić information content (AvgIpc) is 3.56. The van der Waals surface area contributed by atoms with Crippen LogP contribution in [-0.2, 0) is 0 Å². The molecule has 1 spiro atoms. The van der Waals surface area contributed by atoms with Crippen LogP contribution in [0.3, 0.4) is 0 Å². The van der Waals surface area contributed by atoms with Gasteiger partial charge in [0.1, 0.15) is 0 Å². The first kappa shape index (κ1) is 14.7. The van der Waals surface area contributed by atoms with Crippen LogP contribution in [0.15, 0.2) is 24.3 Å². The normalized spacial score (nSPS) is 32.2. The third-order valence-corrected chi connectivity index (χ3v) is 8.28. The van der Waals surface area contributed by atoms with Crippen molar-refractivity contribution in [1.29, 1.82) is 0 Å². The van der Waals surface area contributed by atoms with E-state index in [1.54, 1.807) is 11.3 Å². The van der Waals surface area contributed by atoms with Gasteiger partial charge in [0.05, 0.1) is 10.9 Å². The third-order valence-electron chi connectivity index (χ3n) is 7.08. The summed E-state index contributed by atoms with van der Waals surface area (Å²) in [5.74, 6) is 1.58. The van der Waals surface area contributed by atoms with E-state index < -0.39 is 0 Å². The maximum Gasteiger partial charge on any atom is 0.261 e. The Kier molecular flexibility index (Phi) is 2.99. The minimum absolute atomic E-state index is 0.160. The molecule has 4 heterocycles. The molecular formula is C21H24N2OS. The lowest BCUT2D eigenvalue weighted by atomic mass is 9.77. The van der Waals surface area contributed by atoms with E-state index in [1.165, 1.54) is 67.3 Å².